The zero-order valence-corrected chi connectivity index (χ0v) is 28.2. The third-order valence-corrected chi connectivity index (χ3v) is 11.1. The second-order valence-electron chi connectivity index (χ2n) is 14.2. The first-order valence-electron chi connectivity index (χ1n) is 16.3. The SMILES string of the molecule is Cc1ccc(-c2nc(-c3cc(F)cc(-c4ccc5c(c4)C(C)(C)CCC5(C)C)c3)nc(-c3ccc4sc5ccccc5c4c3)n2)cc1. The van der Waals surface area contributed by atoms with E-state index >= 15 is 4.39 Å². The van der Waals surface area contributed by atoms with E-state index in [1.165, 1.54) is 37.4 Å². The summed E-state index contributed by atoms with van der Waals surface area (Å²) in [4.78, 5) is 14.9. The first-order valence-corrected chi connectivity index (χ1v) is 17.1. The fourth-order valence-corrected chi connectivity index (χ4v) is 8.07. The molecular formula is C42H36FN3S. The van der Waals surface area contributed by atoms with Crippen LogP contribution >= 0.6 is 11.3 Å². The monoisotopic (exact) mass is 633 g/mol. The molecule has 5 aromatic carbocycles. The number of hydrogen-bond donors (Lipinski definition) is 0. The lowest BCUT2D eigenvalue weighted by Gasteiger charge is -2.42. The van der Waals surface area contributed by atoms with Crippen molar-refractivity contribution in [3.63, 3.8) is 0 Å². The molecule has 0 amide bonds. The van der Waals surface area contributed by atoms with Crippen LogP contribution in [0.1, 0.15) is 57.2 Å². The van der Waals surface area contributed by atoms with Crippen molar-refractivity contribution in [2.45, 2.75) is 58.3 Å². The lowest BCUT2D eigenvalue weighted by Crippen LogP contribution is -2.33. The number of halogens is 1. The molecule has 232 valence electrons. The summed E-state index contributed by atoms with van der Waals surface area (Å²) in [6, 6.07) is 34.8. The van der Waals surface area contributed by atoms with Crippen LogP contribution in [0.4, 0.5) is 4.39 Å². The molecule has 47 heavy (non-hydrogen) atoms. The number of thiophene rings is 1. The summed E-state index contributed by atoms with van der Waals surface area (Å²) in [5, 5.41) is 2.39. The molecule has 3 nitrogen and oxygen atoms in total. The molecular weight excluding hydrogens is 598 g/mol. The minimum atomic E-state index is -0.320. The molecule has 0 atom stereocenters. The summed E-state index contributed by atoms with van der Waals surface area (Å²) in [7, 11) is 0. The van der Waals surface area contributed by atoms with Gasteiger partial charge in [-0.25, -0.2) is 19.3 Å². The van der Waals surface area contributed by atoms with Gasteiger partial charge in [-0.15, -0.1) is 11.3 Å². The Bertz CT molecular complexity index is 2330. The van der Waals surface area contributed by atoms with Gasteiger partial charge in [0, 0.05) is 36.9 Å². The van der Waals surface area contributed by atoms with E-state index in [2.05, 4.69) is 107 Å². The van der Waals surface area contributed by atoms with Gasteiger partial charge in [-0.1, -0.05) is 93.9 Å². The number of aromatic nitrogens is 3. The van der Waals surface area contributed by atoms with Gasteiger partial charge in [-0.3, -0.25) is 0 Å². The number of aryl methyl sites for hydroxylation is 1. The maximum Gasteiger partial charge on any atom is 0.164 e. The summed E-state index contributed by atoms with van der Waals surface area (Å²) in [5.74, 6) is 1.25. The summed E-state index contributed by atoms with van der Waals surface area (Å²) in [6.07, 6.45) is 2.27. The smallest absolute Gasteiger partial charge is 0.164 e. The van der Waals surface area contributed by atoms with Crippen LogP contribution < -0.4 is 0 Å². The van der Waals surface area contributed by atoms with Crippen molar-refractivity contribution >= 4 is 31.5 Å². The Kier molecular flexibility index (Phi) is 6.89. The molecule has 1 aliphatic carbocycles. The van der Waals surface area contributed by atoms with Gasteiger partial charge in [0.15, 0.2) is 17.5 Å². The largest absolute Gasteiger partial charge is 0.208 e. The van der Waals surface area contributed by atoms with E-state index < -0.39 is 0 Å². The van der Waals surface area contributed by atoms with E-state index in [9.17, 15) is 0 Å². The number of hydrogen-bond acceptors (Lipinski definition) is 4. The third-order valence-electron chi connectivity index (χ3n) is 9.92. The highest BCUT2D eigenvalue weighted by Gasteiger charge is 2.37. The van der Waals surface area contributed by atoms with Gasteiger partial charge >= 0.3 is 0 Å². The summed E-state index contributed by atoms with van der Waals surface area (Å²) in [6.45, 7) is 11.3. The highest BCUT2D eigenvalue weighted by molar-refractivity contribution is 7.25. The predicted octanol–water partition coefficient (Wildman–Crippen LogP) is 11.7. The molecule has 0 unspecified atom stereocenters. The van der Waals surface area contributed by atoms with E-state index in [-0.39, 0.29) is 16.6 Å². The van der Waals surface area contributed by atoms with Gasteiger partial charge in [0.05, 0.1) is 0 Å². The molecule has 2 aromatic heterocycles. The van der Waals surface area contributed by atoms with Crippen LogP contribution in [0.5, 0.6) is 0 Å². The van der Waals surface area contributed by atoms with E-state index in [1.54, 1.807) is 17.4 Å². The maximum atomic E-state index is 15.5. The first kappa shape index (κ1) is 29.6. The highest BCUT2D eigenvalue weighted by atomic mass is 32.1. The molecule has 0 N–H and O–H groups in total. The molecule has 5 heteroatoms. The molecule has 2 heterocycles. The van der Waals surface area contributed by atoms with Crippen molar-refractivity contribution in [3.05, 3.63) is 126 Å². The molecule has 0 aliphatic heterocycles. The minimum Gasteiger partial charge on any atom is -0.208 e. The minimum absolute atomic E-state index is 0.0535. The molecule has 0 radical (unpaired) electrons. The quantitative estimate of drug-likeness (QED) is 0.194. The third kappa shape index (κ3) is 5.33. The van der Waals surface area contributed by atoms with Crippen molar-refractivity contribution < 1.29 is 4.39 Å². The van der Waals surface area contributed by atoms with Crippen LogP contribution in [0.25, 0.3) is 65.5 Å². The van der Waals surface area contributed by atoms with E-state index in [4.69, 9.17) is 15.0 Å². The fourth-order valence-electron chi connectivity index (χ4n) is 6.98. The molecule has 8 rings (SSSR count). The average molecular weight is 634 g/mol. The Morgan fingerprint density at radius 3 is 1.89 bits per heavy atom. The molecule has 0 saturated carbocycles. The Morgan fingerprint density at radius 1 is 0.532 bits per heavy atom. The zero-order valence-electron chi connectivity index (χ0n) is 27.4. The maximum absolute atomic E-state index is 15.5. The second kappa shape index (κ2) is 10.9. The number of benzene rings is 5. The van der Waals surface area contributed by atoms with Crippen LogP contribution in [0, 0.1) is 12.7 Å². The Balaban J connectivity index is 1.29. The average Bonchev–Trinajstić information content (AvgIpc) is 3.45. The Hall–Kier alpha value is -4.74. The van der Waals surface area contributed by atoms with Crippen LogP contribution in [-0.4, -0.2) is 15.0 Å². The molecule has 0 saturated heterocycles. The van der Waals surface area contributed by atoms with Crippen molar-refractivity contribution in [3.8, 4) is 45.3 Å². The number of rotatable bonds is 4. The normalized spacial score (nSPS) is 15.2. The van der Waals surface area contributed by atoms with Crippen LogP contribution in [0.2, 0.25) is 0 Å². The molecule has 0 fully saturated rings. The van der Waals surface area contributed by atoms with Crippen molar-refractivity contribution in [1.82, 2.24) is 15.0 Å². The lowest BCUT2D eigenvalue weighted by molar-refractivity contribution is 0.332. The fraction of sp³-hybridized carbons (Fsp3) is 0.214. The molecule has 1 aliphatic rings. The van der Waals surface area contributed by atoms with Crippen molar-refractivity contribution in [2.24, 2.45) is 0 Å². The van der Waals surface area contributed by atoms with Gasteiger partial charge in [0.1, 0.15) is 5.82 Å². The summed E-state index contributed by atoms with van der Waals surface area (Å²) < 4.78 is 18.0. The second-order valence-corrected chi connectivity index (χ2v) is 15.3. The van der Waals surface area contributed by atoms with Crippen LogP contribution in [-0.2, 0) is 10.8 Å². The van der Waals surface area contributed by atoms with E-state index in [0.717, 1.165) is 40.7 Å². The Labute approximate surface area is 279 Å². The first-order chi connectivity index (χ1) is 22.5. The topological polar surface area (TPSA) is 38.7 Å². The van der Waals surface area contributed by atoms with Crippen LogP contribution in [0.15, 0.2) is 103 Å². The van der Waals surface area contributed by atoms with Gasteiger partial charge in [-0.2, -0.15) is 0 Å². The number of fused-ring (bicyclic) bond motifs is 4. The predicted molar refractivity (Wildman–Crippen MR) is 194 cm³/mol. The van der Waals surface area contributed by atoms with Gasteiger partial charge in [0.2, 0.25) is 0 Å². The van der Waals surface area contributed by atoms with Crippen LogP contribution in [0.3, 0.4) is 0 Å². The van der Waals surface area contributed by atoms with Gasteiger partial charge < -0.3 is 0 Å². The van der Waals surface area contributed by atoms with E-state index in [0.29, 0.717) is 23.0 Å². The lowest BCUT2D eigenvalue weighted by atomic mass is 9.63. The Morgan fingerprint density at radius 2 is 1.13 bits per heavy atom. The highest BCUT2D eigenvalue weighted by Crippen LogP contribution is 2.47. The summed E-state index contributed by atoms with van der Waals surface area (Å²) in [5.41, 5.74) is 8.27. The summed E-state index contributed by atoms with van der Waals surface area (Å²) >= 11 is 1.78. The molecule has 0 bridgehead atoms. The number of nitrogens with zero attached hydrogens (tertiary/aromatic N) is 3. The molecule has 7 aromatic rings. The molecule has 0 spiro atoms. The van der Waals surface area contributed by atoms with Crippen molar-refractivity contribution in [2.75, 3.05) is 0 Å². The standard InChI is InChI=1S/C42H36FN3S/c1-25-10-12-26(13-11-25)38-44-39(28-15-17-37-33(23-28)32-8-6-7-9-36(32)47-37)46-40(45-38)30-20-29(21-31(43)22-30)27-14-16-34-35(24-27)42(4,5)19-18-41(34,2)3/h6-17,20-24H,18-19H2,1-5H3. The zero-order chi connectivity index (χ0) is 32.5. The van der Waals surface area contributed by atoms with Gasteiger partial charge in [-0.05, 0) is 95.3 Å². The van der Waals surface area contributed by atoms with Crippen molar-refractivity contribution in [1.29, 1.82) is 0 Å². The van der Waals surface area contributed by atoms with E-state index in [1.807, 2.05) is 18.2 Å². The van der Waals surface area contributed by atoms with Gasteiger partial charge in [0.25, 0.3) is 0 Å².